The van der Waals surface area contributed by atoms with E-state index in [-0.39, 0.29) is 6.42 Å². The minimum absolute atomic E-state index is 0.212. The Kier molecular flexibility index (Phi) is 3.10. The van der Waals surface area contributed by atoms with Gasteiger partial charge in [-0.1, -0.05) is 6.07 Å². The van der Waals surface area contributed by atoms with Gasteiger partial charge in [0.25, 0.3) is 0 Å². The quantitative estimate of drug-likeness (QED) is 0.856. The summed E-state index contributed by atoms with van der Waals surface area (Å²) in [5.74, 6) is -0.496. The predicted octanol–water partition coefficient (Wildman–Crippen LogP) is 1.28. The highest BCUT2D eigenvalue weighted by Gasteiger charge is 2.40. The molecule has 18 heavy (non-hydrogen) atoms. The molecule has 1 N–H and O–H groups in total. The Morgan fingerprint density at radius 1 is 1.39 bits per heavy atom. The van der Waals surface area contributed by atoms with E-state index in [0.29, 0.717) is 17.0 Å². The number of hydrogen-bond donors (Lipinski definition) is 1. The fourth-order valence-electron chi connectivity index (χ4n) is 2.15. The molecule has 1 heterocycles. The van der Waals surface area contributed by atoms with Crippen LogP contribution in [0.25, 0.3) is 0 Å². The van der Waals surface area contributed by atoms with Crippen LogP contribution in [0.3, 0.4) is 0 Å². The van der Waals surface area contributed by atoms with Gasteiger partial charge in [0.05, 0.1) is 19.9 Å². The van der Waals surface area contributed by atoms with Crippen LogP contribution in [0.4, 0.5) is 10.5 Å². The van der Waals surface area contributed by atoms with Gasteiger partial charge in [-0.25, -0.2) is 9.59 Å². The molecule has 1 unspecified atom stereocenters. The lowest BCUT2D eigenvalue weighted by Crippen LogP contribution is -2.42. The first-order valence-electron chi connectivity index (χ1n) is 5.36. The number of carbonyl (C=O) groups excluding carboxylic acids is 1. The fourth-order valence-corrected chi connectivity index (χ4v) is 2.15. The van der Waals surface area contributed by atoms with Crippen molar-refractivity contribution in [1.82, 2.24) is 0 Å². The van der Waals surface area contributed by atoms with Crippen molar-refractivity contribution < 1.29 is 24.2 Å². The summed E-state index contributed by atoms with van der Waals surface area (Å²) in [6.45, 7) is 0. The zero-order valence-corrected chi connectivity index (χ0v) is 10.0. The van der Waals surface area contributed by atoms with Crippen LogP contribution in [-0.4, -0.2) is 37.4 Å². The Morgan fingerprint density at radius 2 is 2.11 bits per heavy atom. The Labute approximate surface area is 104 Å². The van der Waals surface area contributed by atoms with Crippen molar-refractivity contribution in [3.05, 3.63) is 23.8 Å². The molecule has 0 bridgehead atoms. The van der Waals surface area contributed by atoms with Gasteiger partial charge in [0.1, 0.15) is 11.8 Å². The highest BCUT2D eigenvalue weighted by molar-refractivity contribution is 5.99. The first-order chi connectivity index (χ1) is 8.60. The van der Waals surface area contributed by atoms with Crippen LogP contribution < -0.4 is 9.64 Å². The van der Waals surface area contributed by atoms with Crippen molar-refractivity contribution in [3.63, 3.8) is 0 Å². The van der Waals surface area contributed by atoms with Gasteiger partial charge in [-0.2, -0.15) is 0 Å². The van der Waals surface area contributed by atoms with Crippen LogP contribution in [-0.2, 0) is 16.0 Å². The SMILES string of the molecule is COC(=O)N1c2cccc(OC)c2CC1C(=O)O. The topological polar surface area (TPSA) is 76.1 Å². The third-order valence-corrected chi connectivity index (χ3v) is 2.95. The van der Waals surface area contributed by atoms with E-state index in [1.165, 1.54) is 14.2 Å². The summed E-state index contributed by atoms with van der Waals surface area (Å²) in [6, 6.07) is 4.16. The molecule has 1 aliphatic rings. The van der Waals surface area contributed by atoms with E-state index in [2.05, 4.69) is 4.74 Å². The first kappa shape index (κ1) is 12.2. The standard InChI is InChI=1S/C12H13NO5/c1-17-10-5-3-4-8-7(10)6-9(11(14)15)13(8)12(16)18-2/h3-5,9H,6H2,1-2H3,(H,14,15). The number of carboxylic acids is 1. The molecule has 1 aromatic carbocycles. The van der Waals surface area contributed by atoms with Crippen LogP contribution in [0.2, 0.25) is 0 Å². The number of fused-ring (bicyclic) bond motifs is 1. The molecule has 6 heteroatoms. The molecule has 2 rings (SSSR count). The molecule has 1 aromatic rings. The van der Waals surface area contributed by atoms with Gasteiger partial charge in [0, 0.05) is 12.0 Å². The molecule has 0 saturated heterocycles. The Bertz CT molecular complexity index is 499. The number of carbonyl (C=O) groups is 2. The van der Waals surface area contributed by atoms with E-state index >= 15 is 0 Å². The van der Waals surface area contributed by atoms with Crippen molar-refractivity contribution in [3.8, 4) is 5.75 Å². The average molecular weight is 251 g/mol. The van der Waals surface area contributed by atoms with Gasteiger partial charge < -0.3 is 14.6 Å². The van der Waals surface area contributed by atoms with Crippen molar-refractivity contribution in [2.75, 3.05) is 19.1 Å². The molecule has 0 saturated carbocycles. The monoisotopic (exact) mass is 251 g/mol. The predicted molar refractivity (Wildman–Crippen MR) is 63.0 cm³/mol. The molecular formula is C12H13NO5. The number of hydrogen-bond acceptors (Lipinski definition) is 4. The second kappa shape index (κ2) is 4.56. The number of nitrogens with zero attached hydrogens (tertiary/aromatic N) is 1. The van der Waals surface area contributed by atoms with E-state index in [0.717, 1.165) is 4.90 Å². The number of anilines is 1. The van der Waals surface area contributed by atoms with Crippen molar-refractivity contribution in [2.45, 2.75) is 12.5 Å². The lowest BCUT2D eigenvalue weighted by Gasteiger charge is -2.20. The Hall–Kier alpha value is -2.24. The number of carboxylic acid groups (broad SMARTS) is 1. The van der Waals surface area contributed by atoms with Gasteiger partial charge >= 0.3 is 12.1 Å². The van der Waals surface area contributed by atoms with Crippen LogP contribution >= 0.6 is 0 Å². The van der Waals surface area contributed by atoms with E-state index in [1.807, 2.05) is 0 Å². The third kappa shape index (κ3) is 1.75. The lowest BCUT2D eigenvalue weighted by atomic mass is 10.1. The Morgan fingerprint density at radius 3 is 2.67 bits per heavy atom. The highest BCUT2D eigenvalue weighted by Crippen LogP contribution is 2.38. The smallest absolute Gasteiger partial charge is 0.414 e. The largest absolute Gasteiger partial charge is 0.496 e. The second-order valence-electron chi connectivity index (χ2n) is 3.86. The second-order valence-corrected chi connectivity index (χ2v) is 3.86. The molecule has 0 fully saturated rings. The van der Waals surface area contributed by atoms with Gasteiger partial charge in [-0.05, 0) is 12.1 Å². The van der Waals surface area contributed by atoms with E-state index in [9.17, 15) is 14.7 Å². The summed E-state index contributed by atoms with van der Waals surface area (Å²) >= 11 is 0. The van der Waals surface area contributed by atoms with Crippen molar-refractivity contribution in [1.29, 1.82) is 0 Å². The molecule has 1 atom stereocenters. The van der Waals surface area contributed by atoms with Crippen molar-refractivity contribution >= 4 is 17.7 Å². The summed E-state index contributed by atoms with van der Waals surface area (Å²) < 4.78 is 9.80. The molecule has 0 aliphatic carbocycles. The van der Waals surface area contributed by atoms with Crippen LogP contribution in [0.15, 0.2) is 18.2 Å². The maximum Gasteiger partial charge on any atom is 0.414 e. The van der Waals surface area contributed by atoms with E-state index in [1.54, 1.807) is 18.2 Å². The lowest BCUT2D eigenvalue weighted by molar-refractivity contribution is -0.138. The average Bonchev–Trinajstić information content (AvgIpc) is 2.77. The summed E-state index contributed by atoms with van der Waals surface area (Å²) in [7, 11) is 2.73. The van der Waals surface area contributed by atoms with Crippen LogP contribution in [0.1, 0.15) is 5.56 Å². The zero-order chi connectivity index (χ0) is 13.3. The molecule has 96 valence electrons. The fraction of sp³-hybridized carbons (Fsp3) is 0.333. The summed E-state index contributed by atoms with van der Waals surface area (Å²) in [6.07, 6.45) is -0.474. The number of rotatable bonds is 2. The van der Waals surface area contributed by atoms with Gasteiger partial charge in [-0.3, -0.25) is 4.90 Å². The number of benzene rings is 1. The Balaban J connectivity index is 2.51. The molecule has 6 nitrogen and oxygen atoms in total. The maximum absolute atomic E-state index is 11.7. The zero-order valence-electron chi connectivity index (χ0n) is 10.0. The molecule has 1 amide bonds. The van der Waals surface area contributed by atoms with Gasteiger partial charge in [0.15, 0.2) is 0 Å². The molecule has 0 aromatic heterocycles. The number of aliphatic carboxylic acids is 1. The van der Waals surface area contributed by atoms with Gasteiger partial charge in [-0.15, -0.1) is 0 Å². The molecule has 1 aliphatic heterocycles. The van der Waals surface area contributed by atoms with Crippen molar-refractivity contribution in [2.24, 2.45) is 0 Å². The molecule has 0 radical (unpaired) electrons. The normalized spacial score (nSPS) is 17.2. The first-order valence-corrected chi connectivity index (χ1v) is 5.36. The highest BCUT2D eigenvalue weighted by atomic mass is 16.5. The van der Waals surface area contributed by atoms with Crippen LogP contribution in [0, 0.1) is 0 Å². The minimum Gasteiger partial charge on any atom is -0.496 e. The third-order valence-electron chi connectivity index (χ3n) is 2.95. The molecule has 0 spiro atoms. The molecular weight excluding hydrogens is 238 g/mol. The van der Waals surface area contributed by atoms with E-state index in [4.69, 9.17) is 4.74 Å². The summed E-state index contributed by atoms with van der Waals surface area (Å²) in [5.41, 5.74) is 1.23. The van der Waals surface area contributed by atoms with Gasteiger partial charge in [0.2, 0.25) is 0 Å². The number of ether oxygens (including phenoxy) is 2. The van der Waals surface area contributed by atoms with E-state index < -0.39 is 18.1 Å². The maximum atomic E-state index is 11.7. The summed E-state index contributed by atoms with van der Waals surface area (Å²) in [5, 5.41) is 9.17. The summed E-state index contributed by atoms with van der Waals surface area (Å²) in [4.78, 5) is 24.0. The van der Waals surface area contributed by atoms with Crippen LogP contribution in [0.5, 0.6) is 5.75 Å². The number of amides is 1. The minimum atomic E-state index is -1.07. The number of methoxy groups -OCH3 is 2.